The van der Waals surface area contributed by atoms with E-state index in [0.717, 1.165) is 30.0 Å². The van der Waals surface area contributed by atoms with Crippen molar-refractivity contribution < 1.29 is 9.47 Å². The molecule has 0 radical (unpaired) electrons. The topological polar surface area (TPSA) is 56.5 Å². The van der Waals surface area contributed by atoms with Gasteiger partial charge in [-0.1, -0.05) is 24.3 Å². The predicted octanol–water partition coefficient (Wildman–Crippen LogP) is 2.26. The van der Waals surface area contributed by atoms with Crippen molar-refractivity contribution in [2.45, 2.75) is 19.4 Å². The molecule has 4 heteroatoms. The number of nitrogens with two attached hydrogens (primary N) is 1. The van der Waals surface area contributed by atoms with E-state index in [4.69, 9.17) is 15.2 Å². The number of para-hydroxylation sites is 1. The van der Waals surface area contributed by atoms with Crippen molar-refractivity contribution in [3.05, 3.63) is 35.9 Å². The summed E-state index contributed by atoms with van der Waals surface area (Å²) in [4.78, 5) is 0. The minimum absolute atomic E-state index is 0.0651. The number of ether oxygens (including phenoxy) is 2. The lowest BCUT2D eigenvalue weighted by molar-refractivity contribution is 0.347. The Morgan fingerprint density at radius 2 is 2.11 bits per heavy atom. The Bertz CT molecular complexity index is 405. The smallest absolute Gasteiger partial charge is 0.165 e. The third-order valence-corrected chi connectivity index (χ3v) is 2.98. The second kappa shape index (κ2) is 8.56. The van der Waals surface area contributed by atoms with Crippen LogP contribution in [0, 0.1) is 0 Å². The highest BCUT2D eigenvalue weighted by Gasteiger charge is 2.17. The SMILES string of the molecule is C/C=C/CCNC(CN)c1cccc(OC)c1OC. The van der Waals surface area contributed by atoms with Gasteiger partial charge in [-0.25, -0.2) is 0 Å². The van der Waals surface area contributed by atoms with Crippen LogP contribution in [0.5, 0.6) is 11.5 Å². The average molecular weight is 264 g/mol. The maximum atomic E-state index is 5.86. The fourth-order valence-corrected chi connectivity index (χ4v) is 2.01. The molecule has 0 heterocycles. The van der Waals surface area contributed by atoms with E-state index in [0.29, 0.717) is 6.54 Å². The molecule has 0 fully saturated rings. The van der Waals surface area contributed by atoms with Crippen LogP contribution in [0.1, 0.15) is 24.9 Å². The van der Waals surface area contributed by atoms with E-state index in [9.17, 15) is 0 Å². The maximum Gasteiger partial charge on any atom is 0.165 e. The Balaban J connectivity index is 2.85. The lowest BCUT2D eigenvalue weighted by Crippen LogP contribution is -2.29. The van der Waals surface area contributed by atoms with Gasteiger partial charge in [-0.3, -0.25) is 0 Å². The van der Waals surface area contributed by atoms with Crippen LogP contribution in [0.3, 0.4) is 0 Å². The summed E-state index contributed by atoms with van der Waals surface area (Å²) in [5.41, 5.74) is 6.89. The van der Waals surface area contributed by atoms with Gasteiger partial charge in [0.05, 0.1) is 14.2 Å². The molecule has 0 aliphatic rings. The summed E-state index contributed by atoms with van der Waals surface area (Å²) in [7, 11) is 3.29. The van der Waals surface area contributed by atoms with Crippen LogP contribution < -0.4 is 20.5 Å². The first-order chi connectivity index (χ1) is 9.28. The Morgan fingerprint density at radius 3 is 2.68 bits per heavy atom. The quantitative estimate of drug-likeness (QED) is 0.558. The predicted molar refractivity (Wildman–Crippen MR) is 78.8 cm³/mol. The lowest BCUT2D eigenvalue weighted by Gasteiger charge is -2.21. The molecule has 0 saturated heterocycles. The summed E-state index contributed by atoms with van der Waals surface area (Å²) in [6, 6.07) is 5.92. The fourth-order valence-electron chi connectivity index (χ4n) is 2.01. The molecule has 1 aromatic rings. The molecular weight excluding hydrogens is 240 g/mol. The monoisotopic (exact) mass is 264 g/mol. The molecule has 0 amide bonds. The van der Waals surface area contributed by atoms with Crippen LogP contribution in [0.4, 0.5) is 0 Å². The van der Waals surface area contributed by atoms with Crippen molar-refractivity contribution in [1.29, 1.82) is 0 Å². The van der Waals surface area contributed by atoms with Crippen LogP contribution in [0.25, 0.3) is 0 Å². The molecule has 3 N–H and O–H groups in total. The zero-order valence-corrected chi connectivity index (χ0v) is 12.0. The summed E-state index contributed by atoms with van der Waals surface area (Å²) >= 11 is 0. The number of hydrogen-bond donors (Lipinski definition) is 2. The van der Waals surface area contributed by atoms with Crippen molar-refractivity contribution in [1.82, 2.24) is 5.32 Å². The summed E-state index contributed by atoms with van der Waals surface area (Å²) in [5.74, 6) is 1.48. The molecule has 4 nitrogen and oxygen atoms in total. The van der Waals surface area contributed by atoms with E-state index in [1.54, 1.807) is 14.2 Å². The van der Waals surface area contributed by atoms with Gasteiger partial charge in [0.25, 0.3) is 0 Å². The van der Waals surface area contributed by atoms with Gasteiger partial charge >= 0.3 is 0 Å². The largest absolute Gasteiger partial charge is 0.493 e. The second-order valence-electron chi connectivity index (χ2n) is 4.18. The molecule has 1 atom stereocenters. The molecule has 0 aliphatic heterocycles. The van der Waals surface area contributed by atoms with Gasteiger partial charge < -0.3 is 20.5 Å². The normalized spacial score (nSPS) is 12.6. The molecule has 1 rings (SSSR count). The third-order valence-electron chi connectivity index (χ3n) is 2.98. The molecule has 0 saturated carbocycles. The Hall–Kier alpha value is -1.52. The molecule has 0 aromatic heterocycles. The highest BCUT2D eigenvalue weighted by Crippen LogP contribution is 2.34. The number of allylic oxidation sites excluding steroid dienone is 1. The van der Waals surface area contributed by atoms with Crippen LogP contribution in [0.15, 0.2) is 30.4 Å². The average Bonchev–Trinajstić information content (AvgIpc) is 2.46. The molecule has 1 aromatic carbocycles. The molecule has 0 aliphatic carbocycles. The zero-order chi connectivity index (χ0) is 14.1. The minimum atomic E-state index is 0.0651. The standard InChI is InChI=1S/C15H24N2O2/c1-4-5-6-10-17-13(11-16)12-8-7-9-14(18-2)15(12)19-3/h4-5,7-9,13,17H,6,10-11,16H2,1-3H3/b5-4+. The summed E-state index contributed by atoms with van der Waals surface area (Å²) in [6.45, 7) is 3.41. The van der Waals surface area contributed by atoms with Crippen molar-refractivity contribution in [3.63, 3.8) is 0 Å². The molecular formula is C15H24N2O2. The van der Waals surface area contributed by atoms with Gasteiger partial charge in [-0.15, -0.1) is 0 Å². The molecule has 106 valence electrons. The first-order valence-corrected chi connectivity index (χ1v) is 6.54. The number of nitrogens with one attached hydrogen (secondary N) is 1. The van der Waals surface area contributed by atoms with E-state index < -0.39 is 0 Å². The van der Waals surface area contributed by atoms with Crippen LogP contribution in [0.2, 0.25) is 0 Å². The zero-order valence-electron chi connectivity index (χ0n) is 12.0. The van der Waals surface area contributed by atoms with Crippen molar-refractivity contribution in [2.24, 2.45) is 5.73 Å². The van der Waals surface area contributed by atoms with Gasteiger partial charge in [0.2, 0.25) is 0 Å². The van der Waals surface area contributed by atoms with Crippen molar-refractivity contribution >= 4 is 0 Å². The van der Waals surface area contributed by atoms with Gasteiger partial charge in [0.1, 0.15) is 0 Å². The number of rotatable bonds is 8. The molecule has 0 bridgehead atoms. The Kier molecular flexibility index (Phi) is 7.00. The molecule has 0 spiro atoms. The Morgan fingerprint density at radius 1 is 1.32 bits per heavy atom. The van der Waals surface area contributed by atoms with Gasteiger partial charge in [-0.2, -0.15) is 0 Å². The second-order valence-corrected chi connectivity index (χ2v) is 4.18. The molecule has 19 heavy (non-hydrogen) atoms. The summed E-state index contributed by atoms with van der Waals surface area (Å²) in [6.07, 6.45) is 5.16. The van der Waals surface area contributed by atoms with Gasteiger partial charge in [-0.05, 0) is 26.0 Å². The maximum absolute atomic E-state index is 5.86. The third kappa shape index (κ3) is 4.26. The van der Waals surface area contributed by atoms with E-state index in [1.807, 2.05) is 31.2 Å². The first kappa shape index (κ1) is 15.5. The van der Waals surface area contributed by atoms with Crippen LogP contribution in [-0.2, 0) is 0 Å². The number of methoxy groups -OCH3 is 2. The highest BCUT2D eigenvalue weighted by molar-refractivity contribution is 5.48. The van der Waals surface area contributed by atoms with Crippen LogP contribution >= 0.6 is 0 Å². The van der Waals surface area contributed by atoms with Crippen LogP contribution in [-0.4, -0.2) is 27.3 Å². The van der Waals surface area contributed by atoms with Gasteiger partial charge in [0.15, 0.2) is 11.5 Å². The Labute approximate surface area is 115 Å². The number of hydrogen-bond acceptors (Lipinski definition) is 4. The first-order valence-electron chi connectivity index (χ1n) is 6.54. The van der Waals surface area contributed by atoms with Crippen molar-refractivity contribution in [2.75, 3.05) is 27.3 Å². The fraction of sp³-hybridized carbons (Fsp3) is 0.467. The van der Waals surface area contributed by atoms with Crippen molar-refractivity contribution in [3.8, 4) is 11.5 Å². The molecule has 1 unspecified atom stereocenters. The lowest BCUT2D eigenvalue weighted by atomic mass is 10.0. The van der Waals surface area contributed by atoms with E-state index in [-0.39, 0.29) is 6.04 Å². The van der Waals surface area contributed by atoms with E-state index >= 15 is 0 Å². The van der Waals surface area contributed by atoms with E-state index in [1.165, 1.54) is 0 Å². The van der Waals surface area contributed by atoms with Gasteiger partial charge in [0, 0.05) is 18.2 Å². The number of benzene rings is 1. The summed E-state index contributed by atoms with van der Waals surface area (Å²) < 4.78 is 10.8. The highest BCUT2D eigenvalue weighted by atomic mass is 16.5. The van der Waals surface area contributed by atoms with E-state index in [2.05, 4.69) is 11.4 Å². The summed E-state index contributed by atoms with van der Waals surface area (Å²) in [5, 5.41) is 3.43. The minimum Gasteiger partial charge on any atom is -0.493 e.